The van der Waals surface area contributed by atoms with Crippen LogP contribution in [0.5, 0.6) is 0 Å². The number of para-hydroxylation sites is 2. The van der Waals surface area contributed by atoms with Crippen molar-refractivity contribution < 1.29 is 0 Å². The van der Waals surface area contributed by atoms with Gasteiger partial charge in [0.05, 0.1) is 5.69 Å². The van der Waals surface area contributed by atoms with E-state index in [0.717, 1.165) is 28.4 Å². The molecule has 0 unspecified atom stereocenters. The lowest BCUT2D eigenvalue weighted by atomic mass is 9.33. The molecule has 4 heteroatoms. The van der Waals surface area contributed by atoms with E-state index in [2.05, 4.69) is 300 Å². The Balaban J connectivity index is 1.15. The van der Waals surface area contributed by atoms with E-state index in [-0.39, 0.29) is 17.5 Å². The maximum Gasteiger partial charge on any atom is 0.252 e. The van der Waals surface area contributed by atoms with E-state index in [0.29, 0.717) is 0 Å². The van der Waals surface area contributed by atoms with E-state index in [4.69, 9.17) is 0 Å². The largest absolute Gasteiger partial charge is 0.311 e. The summed E-state index contributed by atoms with van der Waals surface area (Å²) in [6, 6.07) is 88.2. The number of nitrogens with zero attached hydrogens (tertiary/aromatic N) is 3. The van der Waals surface area contributed by atoms with Crippen LogP contribution in [0.3, 0.4) is 0 Å². The number of hydrogen-bond acceptors (Lipinski definition) is 3. The van der Waals surface area contributed by atoms with Gasteiger partial charge in [0.25, 0.3) is 6.71 Å². The molecular weight excluding hydrogens is 882 g/mol. The molecule has 0 bridgehead atoms. The smallest absolute Gasteiger partial charge is 0.252 e. The van der Waals surface area contributed by atoms with E-state index >= 15 is 0 Å². The van der Waals surface area contributed by atoms with Crippen LogP contribution in [0.25, 0.3) is 33.4 Å². The minimum absolute atomic E-state index is 0.00642. The first kappa shape index (κ1) is 45.8. The lowest BCUT2D eigenvalue weighted by Crippen LogP contribution is -2.61. The minimum atomic E-state index is -0.0744. The highest BCUT2D eigenvalue weighted by molar-refractivity contribution is 7.00. The van der Waals surface area contributed by atoms with Crippen LogP contribution in [-0.2, 0) is 10.8 Å². The standard InChI is InChI=1S/C69H60BN3/c1-47-42-65-67-66(43-47)73(62-40-30-51(48-20-12-8-13-21-48)44-59(62)50-28-32-53(33-29-50)68(2,3)4)63-41-31-52(49-22-14-9-15-23-49)45-61(63)70(67)60-39-38-58(71(55-24-16-10-17-25-55)56-26-18-11-19-27-56)46-64(60)72(65)57-36-34-54(35-37-57)69(5,6)7/h8-46H,1-7H3. The molecule has 73 heavy (non-hydrogen) atoms. The molecular formula is C69H60BN3. The van der Waals surface area contributed by atoms with Crippen LogP contribution in [0.15, 0.2) is 237 Å². The Morgan fingerprint density at radius 1 is 0.342 bits per heavy atom. The van der Waals surface area contributed by atoms with Gasteiger partial charge >= 0.3 is 0 Å². The molecule has 0 atom stereocenters. The highest BCUT2D eigenvalue weighted by Gasteiger charge is 2.44. The summed E-state index contributed by atoms with van der Waals surface area (Å²) in [5.41, 5.74) is 25.2. The Morgan fingerprint density at radius 2 is 0.822 bits per heavy atom. The lowest BCUT2D eigenvalue weighted by molar-refractivity contribution is 0.590. The number of hydrogen-bond donors (Lipinski definition) is 0. The van der Waals surface area contributed by atoms with Gasteiger partial charge < -0.3 is 14.7 Å². The molecule has 0 fully saturated rings. The van der Waals surface area contributed by atoms with Crippen molar-refractivity contribution in [2.45, 2.75) is 59.3 Å². The lowest BCUT2D eigenvalue weighted by Gasteiger charge is -2.45. The van der Waals surface area contributed by atoms with Crippen molar-refractivity contribution in [2.75, 3.05) is 14.7 Å². The molecule has 10 aromatic rings. The Hall–Kier alpha value is -8.34. The third-order valence-electron chi connectivity index (χ3n) is 15.0. The highest BCUT2D eigenvalue weighted by atomic mass is 15.2. The van der Waals surface area contributed by atoms with E-state index in [9.17, 15) is 0 Å². The van der Waals surface area contributed by atoms with Crippen LogP contribution in [0.2, 0.25) is 0 Å². The molecule has 12 rings (SSSR count). The van der Waals surface area contributed by atoms with Gasteiger partial charge in [-0.3, -0.25) is 0 Å². The van der Waals surface area contributed by atoms with Crippen molar-refractivity contribution in [1.29, 1.82) is 0 Å². The van der Waals surface area contributed by atoms with Crippen LogP contribution in [0.1, 0.15) is 58.2 Å². The summed E-state index contributed by atoms with van der Waals surface area (Å²) in [4.78, 5) is 7.52. The number of anilines is 9. The second-order valence-corrected chi connectivity index (χ2v) is 21.9. The average Bonchev–Trinajstić information content (AvgIpc) is 3.41. The van der Waals surface area contributed by atoms with E-state index in [1.54, 1.807) is 0 Å². The summed E-state index contributed by atoms with van der Waals surface area (Å²) in [5.74, 6) is 0. The van der Waals surface area contributed by atoms with Crippen molar-refractivity contribution in [3.05, 3.63) is 253 Å². The quantitative estimate of drug-likeness (QED) is 0.141. The fraction of sp³-hybridized carbons (Fsp3) is 0.130. The summed E-state index contributed by atoms with van der Waals surface area (Å²) >= 11 is 0. The molecule has 0 radical (unpaired) electrons. The number of benzene rings is 10. The summed E-state index contributed by atoms with van der Waals surface area (Å²) in [7, 11) is 0. The van der Waals surface area contributed by atoms with Gasteiger partial charge in [0.15, 0.2) is 0 Å². The van der Waals surface area contributed by atoms with Gasteiger partial charge in [-0.1, -0.05) is 199 Å². The Bertz CT molecular complexity index is 3590. The predicted molar refractivity (Wildman–Crippen MR) is 314 cm³/mol. The van der Waals surface area contributed by atoms with E-state index < -0.39 is 0 Å². The summed E-state index contributed by atoms with van der Waals surface area (Å²) in [6.07, 6.45) is 0. The van der Waals surface area contributed by atoms with E-state index in [1.807, 2.05) is 0 Å². The van der Waals surface area contributed by atoms with Gasteiger partial charge in [-0.15, -0.1) is 0 Å². The molecule has 0 aromatic heterocycles. The molecule has 0 amide bonds. The molecule has 0 spiro atoms. The Kier molecular flexibility index (Phi) is 11.3. The maximum absolute atomic E-state index is 2.58. The zero-order valence-corrected chi connectivity index (χ0v) is 42.9. The van der Waals surface area contributed by atoms with Crippen molar-refractivity contribution in [3.8, 4) is 33.4 Å². The fourth-order valence-electron chi connectivity index (χ4n) is 11.2. The number of fused-ring (bicyclic) bond motifs is 4. The SMILES string of the molecule is Cc1cc2c3c(c1)N(c1ccc(-c4ccccc4)cc1-c1ccc(C(C)(C)C)cc1)c1ccc(-c4ccccc4)cc1B3c1ccc(N(c3ccccc3)c3ccccc3)cc1N2c1ccc(C(C)(C)C)cc1. The molecule has 2 heterocycles. The second kappa shape index (κ2) is 18.1. The van der Waals surface area contributed by atoms with Crippen molar-refractivity contribution in [3.63, 3.8) is 0 Å². The van der Waals surface area contributed by atoms with Crippen molar-refractivity contribution in [1.82, 2.24) is 0 Å². The zero-order chi connectivity index (χ0) is 50.0. The molecule has 354 valence electrons. The van der Waals surface area contributed by atoms with Crippen LogP contribution in [-0.4, -0.2) is 6.71 Å². The van der Waals surface area contributed by atoms with Gasteiger partial charge in [0.1, 0.15) is 0 Å². The molecule has 2 aliphatic heterocycles. The Morgan fingerprint density at radius 3 is 1.37 bits per heavy atom. The van der Waals surface area contributed by atoms with Gasteiger partial charge in [-0.05, 0) is 158 Å². The molecule has 2 aliphatic rings. The third kappa shape index (κ3) is 8.31. The third-order valence-corrected chi connectivity index (χ3v) is 15.0. The number of rotatable bonds is 8. The number of aryl methyl sites for hydroxylation is 1. The summed E-state index contributed by atoms with van der Waals surface area (Å²) in [6.45, 7) is 15.9. The topological polar surface area (TPSA) is 9.72 Å². The monoisotopic (exact) mass is 941 g/mol. The first-order chi connectivity index (χ1) is 35.4. The van der Waals surface area contributed by atoms with Crippen LogP contribution >= 0.6 is 0 Å². The van der Waals surface area contributed by atoms with Gasteiger partial charge in [0, 0.05) is 51.1 Å². The summed E-state index contributed by atoms with van der Waals surface area (Å²) in [5, 5.41) is 0. The normalized spacial score (nSPS) is 12.8. The molecule has 3 nitrogen and oxygen atoms in total. The first-order valence-electron chi connectivity index (χ1n) is 25.8. The maximum atomic E-state index is 2.58. The molecule has 0 aliphatic carbocycles. The molecule has 0 saturated heterocycles. The highest BCUT2D eigenvalue weighted by Crippen LogP contribution is 2.49. The first-order valence-corrected chi connectivity index (χ1v) is 25.8. The predicted octanol–water partition coefficient (Wildman–Crippen LogP) is 17.1. The zero-order valence-electron chi connectivity index (χ0n) is 42.9. The van der Waals surface area contributed by atoms with Crippen LogP contribution in [0, 0.1) is 6.92 Å². The second-order valence-electron chi connectivity index (χ2n) is 21.9. The molecule has 0 N–H and O–H groups in total. The van der Waals surface area contributed by atoms with Gasteiger partial charge in [-0.2, -0.15) is 0 Å². The van der Waals surface area contributed by atoms with Gasteiger partial charge in [-0.25, -0.2) is 0 Å². The minimum Gasteiger partial charge on any atom is -0.311 e. The molecule has 0 saturated carbocycles. The Labute approximate surface area is 432 Å². The van der Waals surface area contributed by atoms with Crippen molar-refractivity contribution >= 4 is 74.3 Å². The van der Waals surface area contributed by atoms with E-state index in [1.165, 1.54) is 89.2 Å². The van der Waals surface area contributed by atoms with Crippen molar-refractivity contribution in [2.24, 2.45) is 0 Å². The van der Waals surface area contributed by atoms with Crippen LogP contribution < -0.4 is 31.1 Å². The average molecular weight is 942 g/mol. The van der Waals surface area contributed by atoms with Gasteiger partial charge in [0.2, 0.25) is 0 Å². The fourth-order valence-corrected chi connectivity index (χ4v) is 11.2. The summed E-state index contributed by atoms with van der Waals surface area (Å²) < 4.78 is 0. The molecule has 10 aromatic carbocycles. The van der Waals surface area contributed by atoms with Crippen LogP contribution in [0.4, 0.5) is 51.2 Å².